The van der Waals surface area contributed by atoms with Crippen molar-refractivity contribution in [1.29, 1.82) is 0 Å². The van der Waals surface area contributed by atoms with Crippen LogP contribution in [0.4, 0.5) is 4.39 Å². The predicted molar refractivity (Wildman–Crippen MR) is 55.9 cm³/mol. The van der Waals surface area contributed by atoms with Crippen LogP contribution in [0.25, 0.3) is 0 Å². The van der Waals surface area contributed by atoms with Crippen molar-refractivity contribution in [3.8, 4) is 0 Å². The molecule has 0 bridgehead atoms. The van der Waals surface area contributed by atoms with Gasteiger partial charge in [0.25, 0.3) is 0 Å². The molecule has 0 fully saturated rings. The molecule has 0 radical (unpaired) electrons. The van der Waals surface area contributed by atoms with Crippen molar-refractivity contribution in [2.24, 2.45) is 5.73 Å². The van der Waals surface area contributed by atoms with Gasteiger partial charge in [-0.1, -0.05) is 12.1 Å². The van der Waals surface area contributed by atoms with Crippen molar-refractivity contribution >= 4 is 5.91 Å². The first-order valence-corrected chi connectivity index (χ1v) is 4.83. The van der Waals surface area contributed by atoms with Crippen LogP contribution in [0.2, 0.25) is 0 Å². The van der Waals surface area contributed by atoms with Gasteiger partial charge in [-0.2, -0.15) is 0 Å². The summed E-state index contributed by atoms with van der Waals surface area (Å²) in [5.41, 5.74) is 5.39. The summed E-state index contributed by atoms with van der Waals surface area (Å²) in [6.07, 6.45) is -3.25. The minimum atomic E-state index is -1.45. The van der Waals surface area contributed by atoms with E-state index in [2.05, 4.69) is 0 Å². The smallest absolute Gasteiger partial charge is 0.220 e. The van der Waals surface area contributed by atoms with Gasteiger partial charge in [-0.3, -0.25) is 4.79 Å². The van der Waals surface area contributed by atoms with E-state index in [4.69, 9.17) is 5.73 Å². The van der Waals surface area contributed by atoms with Gasteiger partial charge in [0.15, 0.2) is 0 Å². The lowest BCUT2D eigenvalue weighted by Gasteiger charge is -2.19. The van der Waals surface area contributed by atoms with E-state index < -0.39 is 30.4 Å². The maximum absolute atomic E-state index is 13.4. The monoisotopic (exact) mass is 227 g/mol. The van der Waals surface area contributed by atoms with Gasteiger partial charge in [0, 0.05) is 5.56 Å². The Labute approximate surface area is 92.5 Å². The highest BCUT2D eigenvalue weighted by molar-refractivity contribution is 5.74. The van der Waals surface area contributed by atoms with Crippen LogP contribution in [0.1, 0.15) is 23.7 Å². The number of hydrogen-bond donors (Lipinski definition) is 3. The molecule has 0 aliphatic carbocycles. The van der Waals surface area contributed by atoms with Crippen molar-refractivity contribution in [3.05, 3.63) is 35.1 Å². The summed E-state index contributed by atoms with van der Waals surface area (Å²) in [4.78, 5) is 10.6. The lowest BCUT2D eigenvalue weighted by molar-refractivity contribution is -0.121. The summed E-state index contributed by atoms with van der Waals surface area (Å²) in [5.74, 6) is -1.36. The summed E-state index contributed by atoms with van der Waals surface area (Å²) in [5, 5.41) is 19.2. The molecular formula is C11H14FNO3. The number of aliphatic hydroxyl groups excluding tert-OH is 2. The van der Waals surface area contributed by atoms with Gasteiger partial charge < -0.3 is 15.9 Å². The van der Waals surface area contributed by atoms with Crippen molar-refractivity contribution in [2.45, 2.75) is 25.6 Å². The second-order valence-corrected chi connectivity index (χ2v) is 3.65. The summed E-state index contributed by atoms with van der Waals surface area (Å²) >= 11 is 0. The molecule has 2 atom stereocenters. The van der Waals surface area contributed by atoms with Gasteiger partial charge in [-0.05, 0) is 18.6 Å². The van der Waals surface area contributed by atoms with Gasteiger partial charge in [0.05, 0.1) is 12.5 Å². The van der Waals surface area contributed by atoms with E-state index in [-0.39, 0.29) is 5.56 Å². The standard InChI is InChI=1S/C11H14FNO3/c1-6-3-2-4-7(12)10(6)11(16)8(14)5-9(13)15/h2-4,8,11,14,16H,5H2,1H3,(H2,13,15). The van der Waals surface area contributed by atoms with Crippen molar-refractivity contribution in [2.75, 3.05) is 0 Å². The summed E-state index contributed by atoms with van der Waals surface area (Å²) in [6, 6.07) is 4.29. The van der Waals surface area contributed by atoms with Crippen LogP contribution in [0.3, 0.4) is 0 Å². The molecular weight excluding hydrogens is 213 g/mol. The molecule has 0 aliphatic rings. The van der Waals surface area contributed by atoms with Crippen molar-refractivity contribution in [3.63, 3.8) is 0 Å². The topological polar surface area (TPSA) is 83.6 Å². The Hall–Kier alpha value is -1.46. The minimum absolute atomic E-state index is 0.00347. The Kier molecular flexibility index (Phi) is 3.98. The van der Waals surface area contributed by atoms with Gasteiger partial charge >= 0.3 is 0 Å². The number of carbonyl (C=O) groups is 1. The zero-order valence-electron chi connectivity index (χ0n) is 8.85. The molecule has 0 spiro atoms. The number of nitrogens with two attached hydrogens (primary N) is 1. The first-order valence-electron chi connectivity index (χ1n) is 4.83. The van der Waals surface area contributed by atoms with Gasteiger partial charge in [0.1, 0.15) is 11.9 Å². The number of benzene rings is 1. The Balaban J connectivity index is 2.95. The van der Waals surface area contributed by atoms with Crippen LogP contribution in [0, 0.1) is 12.7 Å². The predicted octanol–water partition coefficient (Wildman–Crippen LogP) is 0.404. The van der Waals surface area contributed by atoms with Gasteiger partial charge in [0.2, 0.25) is 5.91 Å². The molecule has 0 heterocycles. The first-order chi connectivity index (χ1) is 7.43. The first kappa shape index (κ1) is 12.6. The number of rotatable bonds is 4. The van der Waals surface area contributed by atoms with Crippen molar-refractivity contribution < 1.29 is 19.4 Å². The molecule has 4 nitrogen and oxygen atoms in total. The van der Waals surface area contributed by atoms with Crippen LogP contribution >= 0.6 is 0 Å². The number of aryl methyl sites for hydroxylation is 1. The fourth-order valence-corrected chi connectivity index (χ4v) is 1.53. The third kappa shape index (κ3) is 2.77. The second kappa shape index (κ2) is 5.05. The lowest BCUT2D eigenvalue weighted by atomic mass is 9.97. The minimum Gasteiger partial charge on any atom is -0.390 e. The molecule has 1 aromatic rings. The van der Waals surface area contributed by atoms with Gasteiger partial charge in [-0.25, -0.2) is 4.39 Å². The number of primary amides is 1. The molecule has 1 rings (SSSR count). The third-order valence-corrected chi connectivity index (χ3v) is 2.34. The quantitative estimate of drug-likeness (QED) is 0.696. The van der Waals surface area contributed by atoms with Crippen LogP contribution < -0.4 is 5.73 Å². The van der Waals surface area contributed by atoms with Crippen LogP contribution in [-0.2, 0) is 4.79 Å². The highest BCUT2D eigenvalue weighted by Gasteiger charge is 2.24. The normalized spacial score (nSPS) is 14.5. The zero-order chi connectivity index (χ0) is 12.3. The SMILES string of the molecule is Cc1cccc(F)c1C(O)C(O)CC(N)=O. The number of carbonyl (C=O) groups excluding carboxylic acids is 1. The molecule has 0 aromatic heterocycles. The fraction of sp³-hybridized carbons (Fsp3) is 0.364. The molecule has 16 heavy (non-hydrogen) atoms. The van der Waals surface area contributed by atoms with Gasteiger partial charge in [-0.15, -0.1) is 0 Å². The zero-order valence-corrected chi connectivity index (χ0v) is 8.85. The van der Waals surface area contributed by atoms with E-state index in [9.17, 15) is 19.4 Å². The maximum Gasteiger partial charge on any atom is 0.220 e. The molecule has 1 amide bonds. The lowest BCUT2D eigenvalue weighted by Crippen LogP contribution is -2.26. The molecule has 0 aliphatic heterocycles. The van der Waals surface area contributed by atoms with E-state index in [1.54, 1.807) is 13.0 Å². The van der Waals surface area contributed by atoms with E-state index in [0.29, 0.717) is 5.56 Å². The number of halogens is 1. The fourth-order valence-electron chi connectivity index (χ4n) is 1.53. The average Bonchev–Trinajstić information content (AvgIpc) is 2.16. The maximum atomic E-state index is 13.4. The highest BCUT2D eigenvalue weighted by Crippen LogP contribution is 2.24. The Morgan fingerprint density at radius 3 is 2.62 bits per heavy atom. The molecule has 88 valence electrons. The summed E-state index contributed by atoms with van der Waals surface area (Å²) < 4.78 is 13.4. The van der Waals surface area contributed by atoms with E-state index in [1.807, 2.05) is 0 Å². The molecule has 2 unspecified atom stereocenters. The largest absolute Gasteiger partial charge is 0.390 e. The third-order valence-electron chi connectivity index (χ3n) is 2.34. The number of aliphatic hydroxyl groups is 2. The summed E-state index contributed by atoms with van der Waals surface area (Å²) in [7, 11) is 0. The van der Waals surface area contributed by atoms with E-state index in [0.717, 1.165) is 0 Å². The Morgan fingerprint density at radius 2 is 2.12 bits per heavy atom. The molecule has 0 saturated carbocycles. The van der Waals surface area contributed by atoms with E-state index in [1.165, 1.54) is 12.1 Å². The second-order valence-electron chi connectivity index (χ2n) is 3.65. The van der Waals surface area contributed by atoms with Crippen LogP contribution in [0.15, 0.2) is 18.2 Å². The van der Waals surface area contributed by atoms with Crippen LogP contribution in [0.5, 0.6) is 0 Å². The molecule has 0 saturated heterocycles. The van der Waals surface area contributed by atoms with Crippen molar-refractivity contribution in [1.82, 2.24) is 0 Å². The summed E-state index contributed by atoms with van der Waals surface area (Å²) in [6.45, 7) is 1.61. The average molecular weight is 227 g/mol. The van der Waals surface area contributed by atoms with E-state index >= 15 is 0 Å². The van der Waals surface area contributed by atoms with Crippen LogP contribution in [-0.4, -0.2) is 22.2 Å². The number of amides is 1. The molecule has 4 N–H and O–H groups in total. The highest BCUT2D eigenvalue weighted by atomic mass is 19.1. The Bertz CT molecular complexity index is 375. The Morgan fingerprint density at radius 1 is 1.50 bits per heavy atom. The molecule has 1 aromatic carbocycles. The number of hydrogen-bond acceptors (Lipinski definition) is 3. The molecule has 5 heteroatoms.